The van der Waals surface area contributed by atoms with Crippen LogP contribution in [0.5, 0.6) is 0 Å². The SMILES string of the molecule is NCC#Cc1csc(CSc2ncns2)c1. The predicted octanol–water partition coefficient (Wildman–Crippen LogP) is 2.20. The molecule has 0 aliphatic heterocycles. The van der Waals surface area contributed by atoms with Gasteiger partial charge in [0, 0.05) is 21.6 Å². The second-order valence-corrected chi connectivity index (χ2v) is 5.80. The van der Waals surface area contributed by atoms with E-state index in [0.717, 1.165) is 15.7 Å². The molecule has 0 bridgehead atoms. The van der Waals surface area contributed by atoms with Gasteiger partial charge in [-0.05, 0) is 17.6 Å². The van der Waals surface area contributed by atoms with Crippen molar-refractivity contribution in [2.75, 3.05) is 6.54 Å². The zero-order valence-corrected chi connectivity index (χ0v) is 10.8. The number of nitrogens with zero attached hydrogens (tertiary/aromatic N) is 2. The van der Waals surface area contributed by atoms with Crippen molar-refractivity contribution in [1.82, 2.24) is 9.36 Å². The summed E-state index contributed by atoms with van der Waals surface area (Å²) in [6.45, 7) is 0.407. The average molecular weight is 267 g/mol. The second-order valence-electron chi connectivity index (χ2n) is 2.80. The highest BCUT2D eigenvalue weighted by molar-refractivity contribution is 8.00. The lowest BCUT2D eigenvalue weighted by Gasteiger charge is -1.91. The summed E-state index contributed by atoms with van der Waals surface area (Å²) >= 11 is 4.84. The number of hydrogen-bond donors (Lipinski definition) is 1. The summed E-state index contributed by atoms with van der Waals surface area (Å²) in [4.78, 5) is 5.41. The molecular weight excluding hydrogens is 258 g/mol. The van der Waals surface area contributed by atoms with Crippen LogP contribution in [0.1, 0.15) is 10.4 Å². The monoisotopic (exact) mass is 267 g/mol. The maximum atomic E-state index is 5.32. The van der Waals surface area contributed by atoms with Crippen molar-refractivity contribution in [2.45, 2.75) is 10.1 Å². The van der Waals surface area contributed by atoms with Crippen molar-refractivity contribution in [3.8, 4) is 11.8 Å². The highest BCUT2D eigenvalue weighted by atomic mass is 32.2. The summed E-state index contributed by atoms with van der Waals surface area (Å²) in [6.07, 6.45) is 1.58. The minimum atomic E-state index is 0.407. The Kier molecular flexibility index (Phi) is 4.36. The first-order chi connectivity index (χ1) is 7.88. The second kappa shape index (κ2) is 6.01. The summed E-state index contributed by atoms with van der Waals surface area (Å²) in [6, 6.07) is 2.10. The van der Waals surface area contributed by atoms with Gasteiger partial charge in [0.05, 0.1) is 6.54 Å². The Bertz CT molecular complexity index is 493. The molecule has 0 atom stereocenters. The minimum Gasteiger partial charge on any atom is -0.320 e. The van der Waals surface area contributed by atoms with Crippen LogP contribution < -0.4 is 5.73 Å². The first kappa shape index (κ1) is 11.6. The first-order valence-electron chi connectivity index (χ1n) is 4.54. The molecule has 0 unspecified atom stereocenters. The number of rotatable bonds is 3. The van der Waals surface area contributed by atoms with E-state index in [4.69, 9.17) is 5.73 Å². The molecule has 3 nitrogen and oxygen atoms in total. The van der Waals surface area contributed by atoms with Gasteiger partial charge in [0.2, 0.25) is 0 Å². The fourth-order valence-electron chi connectivity index (χ4n) is 1.03. The first-order valence-corrected chi connectivity index (χ1v) is 7.18. The van der Waals surface area contributed by atoms with Crippen molar-refractivity contribution in [3.63, 3.8) is 0 Å². The van der Waals surface area contributed by atoms with Gasteiger partial charge in [0.25, 0.3) is 0 Å². The van der Waals surface area contributed by atoms with E-state index < -0.39 is 0 Å². The Morgan fingerprint density at radius 1 is 1.50 bits per heavy atom. The molecule has 0 aliphatic rings. The molecule has 0 fully saturated rings. The Hall–Kier alpha value is -0.870. The molecule has 2 aromatic heterocycles. The molecule has 2 N–H and O–H groups in total. The Morgan fingerprint density at radius 2 is 2.44 bits per heavy atom. The number of aromatic nitrogens is 2. The van der Waals surface area contributed by atoms with Crippen LogP contribution in [0.25, 0.3) is 0 Å². The summed E-state index contributed by atoms with van der Waals surface area (Å²) in [7, 11) is 0. The van der Waals surface area contributed by atoms with E-state index in [-0.39, 0.29) is 0 Å². The fourth-order valence-corrected chi connectivity index (χ4v) is 3.35. The molecule has 2 heterocycles. The van der Waals surface area contributed by atoms with E-state index in [9.17, 15) is 0 Å². The predicted molar refractivity (Wildman–Crippen MR) is 69.7 cm³/mol. The van der Waals surface area contributed by atoms with Gasteiger partial charge >= 0.3 is 0 Å². The minimum absolute atomic E-state index is 0.407. The third kappa shape index (κ3) is 3.32. The highest BCUT2D eigenvalue weighted by Gasteiger charge is 2.01. The summed E-state index contributed by atoms with van der Waals surface area (Å²) < 4.78 is 4.96. The van der Waals surface area contributed by atoms with Gasteiger partial charge in [0.15, 0.2) is 4.34 Å². The number of hydrogen-bond acceptors (Lipinski definition) is 6. The Labute approximate surface area is 106 Å². The largest absolute Gasteiger partial charge is 0.320 e. The van der Waals surface area contributed by atoms with Crippen molar-refractivity contribution >= 4 is 34.6 Å². The highest BCUT2D eigenvalue weighted by Crippen LogP contribution is 2.26. The quantitative estimate of drug-likeness (QED) is 0.684. The normalized spacial score (nSPS) is 9.81. The van der Waals surface area contributed by atoms with Gasteiger partial charge in [-0.3, -0.25) is 0 Å². The topological polar surface area (TPSA) is 51.8 Å². The van der Waals surface area contributed by atoms with Crippen molar-refractivity contribution in [3.05, 3.63) is 28.2 Å². The molecule has 0 saturated carbocycles. The van der Waals surface area contributed by atoms with Crippen LogP contribution in [-0.2, 0) is 5.75 Å². The van der Waals surface area contributed by atoms with Crippen LogP contribution in [0.3, 0.4) is 0 Å². The number of thioether (sulfide) groups is 1. The standard InChI is InChI=1S/C10H9N3S3/c11-3-1-2-8-4-9(14-5-8)6-15-10-12-7-13-16-10/h4-5,7H,3,6,11H2. The molecule has 0 radical (unpaired) electrons. The van der Waals surface area contributed by atoms with Crippen molar-refractivity contribution in [2.24, 2.45) is 5.73 Å². The number of nitrogens with two attached hydrogens (primary N) is 1. The average Bonchev–Trinajstić information content (AvgIpc) is 2.95. The molecule has 2 rings (SSSR count). The van der Waals surface area contributed by atoms with E-state index >= 15 is 0 Å². The smallest absolute Gasteiger partial charge is 0.170 e. The van der Waals surface area contributed by atoms with Crippen LogP contribution in [0.4, 0.5) is 0 Å². The molecule has 16 heavy (non-hydrogen) atoms. The third-order valence-electron chi connectivity index (χ3n) is 1.67. The van der Waals surface area contributed by atoms with E-state index in [2.05, 4.69) is 32.6 Å². The van der Waals surface area contributed by atoms with Crippen molar-refractivity contribution in [1.29, 1.82) is 0 Å². The van der Waals surface area contributed by atoms with Gasteiger partial charge in [-0.25, -0.2) is 4.98 Å². The lowest BCUT2D eigenvalue weighted by Crippen LogP contribution is -1.92. The van der Waals surface area contributed by atoms with Crippen LogP contribution in [-0.4, -0.2) is 15.9 Å². The van der Waals surface area contributed by atoms with Crippen LogP contribution in [0.2, 0.25) is 0 Å². The van der Waals surface area contributed by atoms with E-state index in [1.54, 1.807) is 29.4 Å². The van der Waals surface area contributed by atoms with Gasteiger partial charge in [-0.1, -0.05) is 23.6 Å². The van der Waals surface area contributed by atoms with Crippen LogP contribution in [0, 0.1) is 11.8 Å². The maximum absolute atomic E-state index is 5.32. The molecule has 6 heteroatoms. The van der Waals surface area contributed by atoms with Crippen LogP contribution >= 0.6 is 34.6 Å². The van der Waals surface area contributed by atoms with E-state index in [1.807, 2.05) is 0 Å². The van der Waals surface area contributed by atoms with Gasteiger partial charge in [-0.15, -0.1) is 11.3 Å². The Balaban J connectivity index is 1.93. The van der Waals surface area contributed by atoms with Crippen molar-refractivity contribution < 1.29 is 0 Å². The van der Waals surface area contributed by atoms with Gasteiger partial charge in [0.1, 0.15) is 6.33 Å². The molecule has 82 valence electrons. The van der Waals surface area contributed by atoms with E-state index in [0.29, 0.717) is 6.54 Å². The summed E-state index contributed by atoms with van der Waals surface area (Å²) in [5, 5.41) is 2.05. The lowest BCUT2D eigenvalue weighted by molar-refractivity contribution is 1.21. The molecule has 0 aromatic carbocycles. The van der Waals surface area contributed by atoms with Crippen LogP contribution in [0.15, 0.2) is 22.1 Å². The molecule has 0 aliphatic carbocycles. The molecule has 0 spiro atoms. The van der Waals surface area contributed by atoms with Gasteiger partial charge < -0.3 is 5.73 Å². The lowest BCUT2D eigenvalue weighted by atomic mass is 10.3. The zero-order chi connectivity index (χ0) is 11.2. The summed E-state index contributed by atoms with van der Waals surface area (Å²) in [5.74, 6) is 6.78. The number of thiophene rings is 1. The fraction of sp³-hybridized carbons (Fsp3) is 0.200. The molecular formula is C10H9N3S3. The summed E-state index contributed by atoms with van der Waals surface area (Å²) in [5.41, 5.74) is 6.36. The van der Waals surface area contributed by atoms with Gasteiger partial charge in [-0.2, -0.15) is 4.37 Å². The third-order valence-corrected chi connectivity index (χ3v) is 4.63. The van der Waals surface area contributed by atoms with E-state index in [1.165, 1.54) is 16.4 Å². The molecule has 0 amide bonds. The zero-order valence-electron chi connectivity index (χ0n) is 8.34. The maximum Gasteiger partial charge on any atom is 0.170 e. The molecule has 2 aromatic rings. The molecule has 0 saturated heterocycles. The Morgan fingerprint density at radius 3 is 3.19 bits per heavy atom.